The number of benzene rings is 3. The molecule has 136 valence electrons. The molecule has 1 aliphatic heterocycles. The van der Waals surface area contributed by atoms with Gasteiger partial charge < -0.3 is 14.8 Å². The Labute approximate surface area is 156 Å². The third-order valence-electron chi connectivity index (χ3n) is 4.34. The summed E-state index contributed by atoms with van der Waals surface area (Å²) in [7, 11) is 0. The maximum Gasteiger partial charge on any atom is 0.265 e. The van der Waals surface area contributed by atoms with E-state index in [9.17, 15) is 9.18 Å². The highest BCUT2D eigenvalue weighted by Gasteiger charge is 2.28. The zero-order chi connectivity index (χ0) is 18.6. The van der Waals surface area contributed by atoms with Crippen LogP contribution in [-0.2, 0) is 17.8 Å². The van der Waals surface area contributed by atoms with Gasteiger partial charge in [-0.3, -0.25) is 4.79 Å². The number of fused-ring (bicyclic) bond motifs is 1. The van der Waals surface area contributed by atoms with Crippen LogP contribution in [-0.4, -0.2) is 12.0 Å². The zero-order valence-electron chi connectivity index (χ0n) is 14.5. The van der Waals surface area contributed by atoms with Crippen LogP contribution in [0.15, 0.2) is 72.8 Å². The molecule has 4 rings (SSSR count). The fourth-order valence-corrected chi connectivity index (χ4v) is 3.01. The first-order valence-corrected chi connectivity index (χ1v) is 8.70. The normalized spacial score (nSPS) is 14.9. The van der Waals surface area contributed by atoms with E-state index in [0.717, 1.165) is 16.9 Å². The summed E-state index contributed by atoms with van der Waals surface area (Å²) in [6, 6.07) is 21.0. The van der Waals surface area contributed by atoms with Gasteiger partial charge in [-0.2, -0.15) is 0 Å². The topological polar surface area (TPSA) is 47.6 Å². The quantitative estimate of drug-likeness (QED) is 0.733. The molecule has 0 fully saturated rings. The van der Waals surface area contributed by atoms with E-state index < -0.39 is 6.10 Å². The van der Waals surface area contributed by atoms with E-state index in [4.69, 9.17) is 9.47 Å². The standard InChI is InChI=1S/C22H18FNO3/c23-17-7-4-9-19(13-17)26-14-15-5-3-8-18(11-15)24-22(25)21-12-16-6-1-2-10-20(16)27-21/h1-11,13,21H,12,14H2,(H,24,25)/t21-/m0/s1. The Hall–Kier alpha value is -3.34. The lowest BCUT2D eigenvalue weighted by Crippen LogP contribution is -2.31. The van der Waals surface area contributed by atoms with E-state index in [2.05, 4.69) is 5.32 Å². The van der Waals surface area contributed by atoms with Crippen LogP contribution in [0.3, 0.4) is 0 Å². The summed E-state index contributed by atoms with van der Waals surface area (Å²) in [4.78, 5) is 12.5. The van der Waals surface area contributed by atoms with Crippen LogP contribution >= 0.6 is 0 Å². The molecule has 4 nitrogen and oxygen atoms in total. The maximum atomic E-state index is 13.2. The Bertz CT molecular complexity index is 948. The van der Waals surface area contributed by atoms with Gasteiger partial charge in [0.15, 0.2) is 6.10 Å². The predicted molar refractivity (Wildman–Crippen MR) is 100 cm³/mol. The van der Waals surface area contributed by atoms with Crippen molar-refractivity contribution in [2.24, 2.45) is 0 Å². The highest BCUT2D eigenvalue weighted by atomic mass is 19.1. The van der Waals surface area contributed by atoms with Gasteiger partial charge in [0.25, 0.3) is 5.91 Å². The number of hydrogen-bond donors (Lipinski definition) is 1. The highest BCUT2D eigenvalue weighted by molar-refractivity contribution is 5.95. The Kier molecular flexibility index (Phi) is 4.75. The summed E-state index contributed by atoms with van der Waals surface area (Å²) in [5.41, 5.74) is 2.57. The first-order valence-electron chi connectivity index (χ1n) is 8.70. The number of ether oxygens (including phenoxy) is 2. The maximum absolute atomic E-state index is 13.2. The fraction of sp³-hybridized carbons (Fsp3) is 0.136. The number of para-hydroxylation sites is 1. The van der Waals surface area contributed by atoms with Crippen LogP contribution in [0, 0.1) is 5.82 Å². The lowest BCUT2D eigenvalue weighted by atomic mass is 10.1. The molecule has 0 unspecified atom stereocenters. The summed E-state index contributed by atoms with van der Waals surface area (Å²) in [5, 5.41) is 2.89. The molecule has 1 atom stereocenters. The van der Waals surface area contributed by atoms with Crippen molar-refractivity contribution in [3.63, 3.8) is 0 Å². The number of amides is 1. The number of carbonyl (C=O) groups excluding carboxylic acids is 1. The number of anilines is 1. The number of hydrogen-bond acceptors (Lipinski definition) is 3. The van der Waals surface area contributed by atoms with E-state index in [0.29, 0.717) is 17.9 Å². The van der Waals surface area contributed by atoms with Gasteiger partial charge in [-0.15, -0.1) is 0 Å². The molecular formula is C22H18FNO3. The Morgan fingerprint density at radius 1 is 1.07 bits per heavy atom. The molecule has 3 aromatic rings. The van der Waals surface area contributed by atoms with Crippen molar-refractivity contribution in [3.8, 4) is 11.5 Å². The minimum absolute atomic E-state index is 0.186. The fourth-order valence-electron chi connectivity index (χ4n) is 3.01. The van der Waals surface area contributed by atoms with Crippen LogP contribution in [0.4, 0.5) is 10.1 Å². The average Bonchev–Trinajstić information content (AvgIpc) is 3.11. The molecule has 1 aliphatic rings. The van der Waals surface area contributed by atoms with Crippen molar-refractivity contribution >= 4 is 11.6 Å². The summed E-state index contributed by atoms with van der Waals surface area (Å²) in [6.07, 6.45) is 0.0271. The number of carbonyl (C=O) groups is 1. The molecule has 1 amide bonds. The van der Waals surface area contributed by atoms with Gasteiger partial charge in [-0.1, -0.05) is 36.4 Å². The monoisotopic (exact) mass is 363 g/mol. The van der Waals surface area contributed by atoms with E-state index in [1.165, 1.54) is 12.1 Å². The van der Waals surface area contributed by atoms with Crippen molar-refractivity contribution < 1.29 is 18.7 Å². The molecule has 1 heterocycles. The molecule has 0 aliphatic carbocycles. The van der Waals surface area contributed by atoms with Crippen LogP contribution in [0.1, 0.15) is 11.1 Å². The Balaban J connectivity index is 1.37. The molecule has 0 saturated carbocycles. The van der Waals surface area contributed by atoms with E-state index in [1.54, 1.807) is 12.1 Å². The van der Waals surface area contributed by atoms with Crippen molar-refractivity contribution in [1.29, 1.82) is 0 Å². The van der Waals surface area contributed by atoms with Gasteiger partial charge >= 0.3 is 0 Å². The molecule has 3 aromatic carbocycles. The second-order valence-electron chi connectivity index (χ2n) is 6.35. The second kappa shape index (κ2) is 7.50. The molecule has 27 heavy (non-hydrogen) atoms. The second-order valence-corrected chi connectivity index (χ2v) is 6.35. The van der Waals surface area contributed by atoms with Crippen LogP contribution in [0.5, 0.6) is 11.5 Å². The zero-order valence-corrected chi connectivity index (χ0v) is 14.5. The molecule has 0 saturated heterocycles. The highest BCUT2D eigenvalue weighted by Crippen LogP contribution is 2.28. The molecule has 0 aromatic heterocycles. The van der Waals surface area contributed by atoms with Gasteiger partial charge in [0.05, 0.1) is 0 Å². The number of rotatable bonds is 5. The van der Waals surface area contributed by atoms with Crippen molar-refractivity contribution in [1.82, 2.24) is 0 Å². The van der Waals surface area contributed by atoms with E-state index in [-0.39, 0.29) is 18.3 Å². The molecule has 0 spiro atoms. The molecule has 0 bridgehead atoms. The van der Waals surface area contributed by atoms with Gasteiger partial charge in [0.2, 0.25) is 0 Å². The summed E-state index contributed by atoms with van der Waals surface area (Å²) in [6.45, 7) is 0.276. The lowest BCUT2D eigenvalue weighted by Gasteiger charge is -2.12. The number of halogens is 1. The Morgan fingerprint density at radius 3 is 2.78 bits per heavy atom. The van der Waals surface area contributed by atoms with Gasteiger partial charge in [0.1, 0.15) is 23.9 Å². The molecular weight excluding hydrogens is 345 g/mol. The smallest absolute Gasteiger partial charge is 0.265 e. The van der Waals surface area contributed by atoms with Gasteiger partial charge in [0, 0.05) is 18.2 Å². The molecule has 1 N–H and O–H groups in total. The van der Waals surface area contributed by atoms with E-state index in [1.807, 2.05) is 48.5 Å². The Morgan fingerprint density at radius 2 is 1.93 bits per heavy atom. The largest absolute Gasteiger partial charge is 0.489 e. The van der Waals surface area contributed by atoms with Crippen LogP contribution in [0.2, 0.25) is 0 Å². The average molecular weight is 363 g/mol. The van der Waals surface area contributed by atoms with Crippen molar-refractivity contribution in [2.45, 2.75) is 19.1 Å². The van der Waals surface area contributed by atoms with Gasteiger partial charge in [-0.25, -0.2) is 4.39 Å². The minimum atomic E-state index is -0.533. The summed E-state index contributed by atoms with van der Waals surface area (Å²) >= 11 is 0. The van der Waals surface area contributed by atoms with Gasteiger partial charge in [-0.05, 0) is 41.5 Å². The van der Waals surface area contributed by atoms with Crippen LogP contribution < -0.4 is 14.8 Å². The third kappa shape index (κ3) is 4.08. The number of nitrogens with one attached hydrogen (secondary N) is 1. The summed E-state index contributed by atoms with van der Waals surface area (Å²) in [5.74, 6) is 0.692. The molecule has 0 radical (unpaired) electrons. The van der Waals surface area contributed by atoms with Crippen molar-refractivity contribution in [3.05, 3.63) is 89.7 Å². The first kappa shape index (κ1) is 17.1. The first-order chi connectivity index (χ1) is 13.2. The third-order valence-corrected chi connectivity index (χ3v) is 4.34. The summed E-state index contributed by atoms with van der Waals surface area (Å²) < 4.78 is 24.5. The lowest BCUT2D eigenvalue weighted by molar-refractivity contribution is -0.122. The SMILES string of the molecule is O=C(Nc1cccc(COc2cccc(F)c2)c1)[C@@H]1Cc2ccccc2O1. The minimum Gasteiger partial charge on any atom is -0.489 e. The van der Waals surface area contributed by atoms with Crippen LogP contribution in [0.25, 0.3) is 0 Å². The predicted octanol–water partition coefficient (Wildman–Crippen LogP) is 4.35. The molecule has 5 heteroatoms. The van der Waals surface area contributed by atoms with Crippen molar-refractivity contribution in [2.75, 3.05) is 5.32 Å². The van der Waals surface area contributed by atoms with E-state index >= 15 is 0 Å².